The fourth-order valence-electron chi connectivity index (χ4n) is 4.06. The molecule has 3 aromatic rings. The van der Waals surface area contributed by atoms with Crippen molar-refractivity contribution in [2.45, 2.75) is 50.5 Å². The predicted octanol–water partition coefficient (Wildman–Crippen LogP) is 4.16. The standard InChI is InChI=1S/C24H28N4O4S/c1-3-17-7-12-23(29)20(14-17)21-15-22(27-26-21)24(30)25-18-8-10-19(11-9-18)33(31,32)28-13-5-4-6-16(28)2/h7-12,14-16,29H,3-6,13H2,1-2H3,(H,25,30)(H,26,27). The number of rotatable bonds is 6. The van der Waals surface area contributed by atoms with Crippen molar-refractivity contribution in [3.05, 3.63) is 59.8 Å². The maximum Gasteiger partial charge on any atom is 0.273 e. The summed E-state index contributed by atoms with van der Waals surface area (Å²) in [6, 6.07) is 13.0. The van der Waals surface area contributed by atoms with Gasteiger partial charge in [0, 0.05) is 23.8 Å². The van der Waals surface area contributed by atoms with Crippen LogP contribution in [0.15, 0.2) is 53.4 Å². The molecule has 1 unspecified atom stereocenters. The molecule has 1 aromatic heterocycles. The lowest BCUT2D eigenvalue weighted by molar-refractivity contribution is 0.102. The molecule has 0 spiro atoms. The van der Waals surface area contributed by atoms with Crippen LogP contribution in [0.3, 0.4) is 0 Å². The van der Waals surface area contributed by atoms with E-state index in [1.54, 1.807) is 28.6 Å². The van der Waals surface area contributed by atoms with E-state index in [0.29, 0.717) is 23.5 Å². The minimum Gasteiger partial charge on any atom is -0.507 e. The Balaban J connectivity index is 1.48. The fraction of sp³-hybridized carbons (Fsp3) is 0.333. The molecule has 4 rings (SSSR count). The van der Waals surface area contributed by atoms with Crippen molar-refractivity contribution >= 4 is 21.6 Å². The Hall–Kier alpha value is -3.17. The number of carbonyl (C=O) groups excluding carboxylic acids is 1. The number of amides is 1. The number of hydrogen-bond acceptors (Lipinski definition) is 5. The summed E-state index contributed by atoms with van der Waals surface area (Å²) in [5, 5.41) is 19.8. The highest BCUT2D eigenvalue weighted by atomic mass is 32.2. The van der Waals surface area contributed by atoms with Gasteiger partial charge in [-0.05, 0) is 74.2 Å². The number of aryl methyl sites for hydroxylation is 1. The van der Waals surface area contributed by atoms with Gasteiger partial charge in [0.05, 0.1) is 10.6 Å². The van der Waals surface area contributed by atoms with E-state index in [-0.39, 0.29) is 22.4 Å². The Bertz CT molecular complexity index is 1250. The Morgan fingerprint density at radius 1 is 1.18 bits per heavy atom. The number of carbonyl (C=O) groups is 1. The predicted molar refractivity (Wildman–Crippen MR) is 127 cm³/mol. The fourth-order valence-corrected chi connectivity index (χ4v) is 5.76. The van der Waals surface area contributed by atoms with Crippen LogP contribution in [0.25, 0.3) is 11.3 Å². The molecular weight excluding hydrogens is 440 g/mol. The summed E-state index contributed by atoms with van der Waals surface area (Å²) in [7, 11) is -3.57. The number of phenolic OH excluding ortho intramolecular Hbond substituents is 1. The number of aromatic amines is 1. The highest BCUT2D eigenvalue weighted by Gasteiger charge is 2.30. The van der Waals surface area contributed by atoms with Gasteiger partial charge in [-0.2, -0.15) is 9.40 Å². The lowest BCUT2D eigenvalue weighted by Gasteiger charge is -2.32. The molecule has 2 heterocycles. The van der Waals surface area contributed by atoms with Gasteiger partial charge in [-0.3, -0.25) is 9.89 Å². The molecule has 0 saturated carbocycles. The topological polar surface area (TPSA) is 115 Å². The van der Waals surface area contributed by atoms with E-state index in [1.807, 2.05) is 26.0 Å². The van der Waals surface area contributed by atoms with Crippen molar-refractivity contribution < 1.29 is 18.3 Å². The second-order valence-corrected chi connectivity index (χ2v) is 10.2. The average molecular weight is 469 g/mol. The molecule has 0 radical (unpaired) electrons. The van der Waals surface area contributed by atoms with Crippen molar-refractivity contribution in [1.29, 1.82) is 0 Å². The first kappa shape index (κ1) is 23.0. The van der Waals surface area contributed by atoms with Crippen LogP contribution in [0.1, 0.15) is 49.2 Å². The maximum atomic E-state index is 13.0. The number of nitrogens with zero attached hydrogens (tertiary/aromatic N) is 2. The monoisotopic (exact) mass is 468 g/mol. The zero-order chi connectivity index (χ0) is 23.6. The Morgan fingerprint density at radius 3 is 2.64 bits per heavy atom. The number of aromatic hydroxyl groups is 1. The number of H-pyrrole nitrogens is 1. The molecule has 1 saturated heterocycles. The highest BCUT2D eigenvalue weighted by molar-refractivity contribution is 7.89. The van der Waals surface area contributed by atoms with Crippen molar-refractivity contribution in [1.82, 2.24) is 14.5 Å². The molecule has 1 amide bonds. The molecule has 1 atom stereocenters. The zero-order valence-corrected chi connectivity index (χ0v) is 19.5. The van der Waals surface area contributed by atoms with E-state index in [4.69, 9.17) is 0 Å². The quantitative estimate of drug-likeness (QED) is 0.502. The third-order valence-electron chi connectivity index (χ3n) is 6.03. The average Bonchev–Trinajstić information content (AvgIpc) is 3.30. The van der Waals surface area contributed by atoms with Crippen molar-refractivity contribution in [2.24, 2.45) is 0 Å². The lowest BCUT2D eigenvalue weighted by Crippen LogP contribution is -2.41. The number of aromatic nitrogens is 2. The lowest BCUT2D eigenvalue weighted by atomic mass is 10.1. The van der Waals surface area contributed by atoms with Gasteiger partial charge in [0.15, 0.2) is 0 Å². The first-order valence-corrected chi connectivity index (χ1v) is 12.5. The molecule has 1 aliphatic heterocycles. The summed E-state index contributed by atoms with van der Waals surface area (Å²) >= 11 is 0. The van der Waals surface area contributed by atoms with Crippen LogP contribution in [0, 0.1) is 0 Å². The molecule has 0 aliphatic carbocycles. The number of anilines is 1. The van der Waals surface area contributed by atoms with Crippen molar-refractivity contribution in [2.75, 3.05) is 11.9 Å². The molecular formula is C24H28N4O4S. The van der Waals surface area contributed by atoms with Crippen LogP contribution < -0.4 is 5.32 Å². The van der Waals surface area contributed by atoms with Gasteiger partial charge in [-0.25, -0.2) is 8.42 Å². The SMILES string of the molecule is CCc1ccc(O)c(-c2cc(C(=O)Nc3ccc(S(=O)(=O)N4CCCCC4C)cc3)[nH]n2)c1. The third kappa shape index (κ3) is 4.79. The van der Waals surface area contributed by atoms with Crippen LogP contribution in [-0.4, -0.2) is 46.5 Å². The first-order chi connectivity index (χ1) is 15.8. The van der Waals surface area contributed by atoms with E-state index < -0.39 is 15.9 Å². The van der Waals surface area contributed by atoms with E-state index >= 15 is 0 Å². The smallest absolute Gasteiger partial charge is 0.273 e. The normalized spacial score (nSPS) is 17.1. The minimum absolute atomic E-state index is 0.0184. The van der Waals surface area contributed by atoms with Gasteiger partial charge < -0.3 is 10.4 Å². The molecule has 174 valence electrons. The summed E-state index contributed by atoms with van der Waals surface area (Å²) in [4.78, 5) is 12.9. The Kier molecular flexibility index (Phi) is 6.53. The Labute approximate surface area is 193 Å². The summed E-state index contributed by atoms with van der Waals surface area (Å²) in [5.74, 6) is -0.328. The second-order valence-electron chi connectivity index (χ2n) is 8.31. The number of piperidine rings is 1. The van der Waals surface area contributed by atoms with Crippen LogP contribution in [0.2, 0.25) is 0 Å². The number of sulfonamides is 1. The molecule has 8 nitrogen and oxygen atoms in total. The summed E-state index contributed by atoms with van der Waals surface area (Å²) < 4.78 is 27.5. The number of benzene rings is 2. The van der Waals surface area contributed by atoms with Crippen LogP contribution >= 0.6 is 0 Å². The molecule has 33 heavy (non-hydrogen) atoms. The highest BCUT2D eigenvalue weighted by Crippen LogP contribution is 2.30. The van der Waals surface area contributed by atoms with Gasteiger partial charge in [0.1, 0.15) is 11.4 Å². The van der Waals surface area contributed by atoms with Crippen molar-refractivity contribution in [3.8, 4) is 17.0 Å². The number of nitrogens with one attached hydrogen (secondary N) is 2. The van der Waals surface area contributed by atoms with E-state index in [9.17, 15) is 18.3 Å². The molecule has 2 aromatic carbocycles. The van der Waals surface area contributed by atoms with Gasteiger partial charge >= 0.3 is 0 Å². The summed E-state index contributed by atoms with van der Waals surface area (Å²) in [6.45, 7) is 4.48. The molecule has 3 N–H and O–H groups in total. The second kappa shape index (κ2) is 9.36. The van der Waals surface area contributed by atoms with Crippen LogP contribution in [-0.2, 0) is 16.4 Å². The number of hydrogen-bond donors (Lipinski definition) is 3. The third-order valence-corrected chi connectivity index (χ3v) is 8.06. The van der Waals surface area contributed by atoms with Gasteiger partial charge in [-0.1, -0.05) is 19.4 Å². The molecule has 9 heteroatoms. The Morgan fingerprint density at radius 2 is 1.94 bits per heavy atom. The minimum atomic E-state index is -3.57. The molecule has 0 bridgehead atoms. The van der Waals surface area contributed by atoms with Gasteiger partial charge in [0.25, 0.3) is 5.91 Å². The van der Waals surface area contributed by atoms with E-state index in [2.05, 4.69) is 15.5 Å². The van der Waals surface area contributed by atoms with E-state index in [1.165, 1.54) is 12.1 Å². The first-order valence-electron chi connectivity index (χ1n) is 11.1. The molecule has 1 aliphatic rings. The number of phenols is 1. The summed E-state index contributed by atoms with van der Waals surface area (Å²) in [5.41, 5.74) is 2.75. The maximum absolute atomic E-state index is 13.0. The molecule has 1 fully saturated rings. The van der Waals surface area contributed by atoms with Crippen LogP contribution in [0.5, 0.6) is 5.75 Å². The largest absolute Gasteiger partial charge is 0.507 e. The van der Waals surface area contributed by atoms with Gasteiger partial charge in [0.2, 0.25) is 10.0 Å². The summed E-state index contributed by atoms with van der Waals surface area (Å²) in [6.07, 6.45) is 3.58. The van der Waals surface area contributed by atoms with Crippen LogP contribution in [0.4, 0.5) is 5.69 Å². The zero-order valence-electron chi connectivity index (χ0n) is 18.7. The van der Waals surface area contributed by atoms with Gasteiger partial charge in [-0.15, -0.1) is 0 Å². The van der Waals surface area contributed by atoms with E-state index in [0.717, 1.165) is 31.2 Å². The van der Waals surface area contributed by atoms with Crippen molar-refractivity contribution in [3.63, 3.8) is 0 Å².